The van der Waals surface area contributed by atoms with E-state index in [0.717, 1.165) is 31.7 Å². The van der Waals surface area contributed by atoms with E-state index in [-0.39, 0.29) is 0 Å². The van der Waals surface area contributed by atoms with Gasteiger partial charge in [-0.05, 0) is 87.2 Å². The fraction of sp³-hybridized carbons (Fsp3) is 0.600. The van der Waals surface area contributed by atoms with Crippen molar-refractivity contribution in [1.82, 2.24) is 5.32 Å². The standard InChI is InChI=1S/C15H25NS/c1-11-10-12(2)14(4)15(13(11)3)6-8-16-7-5-9-17/h10,16-17H,5-9H2,1-4H3. The van der Waals surface area contributed by atoms with Crippen molar-refractivity contribution in [3.8, 4) is 0 Å². The molecule has 1 aromatic rings. The van der Waals surface area contributed by atoms with Crippen LogP contribution in [0.1, 0.15) is 34.2 Å². The van der Waals surface area contributed by atoms with E-state index in [1.54, 1.807) is 0 Å². The van der Waals surface area contributed by atoms with Crippen molar-refractivity contribution in [3.05, 3.63) is 33.9 Å². The average Bonchev–Trinajstić information content (AvgIpc) is 2.30. The Labute approximate surface area is 111 Å². The molecule has 1 N–H and O–H groups in total. The van der Waals surface area contributed by atoms with Gasteiger partial charge in [-0.25, -0.2) is 0 Å². The molecule has 0 fully saturated rings. The Hall–Kier alpha value is -0.470. The molecule has 0 aromatic heterocycles. The van der Waals surface area contributed by atoms with Gasteiger partial charge < -0.3 is 5.32 Å². The topological polar surface area (TPSA) is 12.0 Å². The Kier molecular flexibility index (Phi) is 6.07. The van der Waals surface area contributed by atoms with E-state index in [1.807, 2.05) is 0 Å². The third kappa shape index (κ3) is 4.04. The fourth-order valence-electron chi connectivity index (χ4n) is 2.22. The van der Waals surface area contributed by atoms with Crippen LogP contribution in [0.2, 0.25) is 0 Å². The largest absolute Gasteiger partial charge is 0.316 e. The highest BCUT2D eigenvalue weighted by molar-refractivity contribution is 7.80. The Bertz CT molecular complexity index is 345. The predicted molar refractivity (Wildman–Crippen MR) is 80.4 cm³/mol. The number of aryl methyl sites for hydroxylation is 2. The molecule has 0 aliphatic heterocycles. The van der Waals surface area contributed by atoms with Crippen LogP contribution in [0, 0.1) is 27.7 Å². The number of thiol groups is 1. The molecule has 17 heavy (non-hydrogen) atoms. The minimum absolute atomic E-state index is 0.967. The fourth-order valence-corrected chi connectivity index (χ4v) is 2.37. The normalized spacial score (nSPS) is 10.9. The first kappa shape index (κ1) is 14.6. The molecular weight excluding hydrogens is 226 g/mol. The highest BCUT2D eigenvalue weighted by Crippen LogP contribution is 2.21. The maximum Gasteiger partial charge on any atom is -0.000814 e. The van der Waals surface area contributed by atoms with Crippen LogP contribution in [-0.4, -0.2) is 18.8 Å². The van der Waals surface area contributed by atoms with E-state index in [2.05, 4.69) is 51.7 Å². The molecule has 0 saturated carbocycles. The molecule has 0 aliphatic carbocycles. The summed E-state index contributed by atoms with van der Waals surface area (Å²) in [7, 11) is 0. The van der Waals surface area contributed by atoms with E-state index in [1.165, 1.54) is 27.8 Å². The van der Waals surface area contributed by atoms with E-state index < -0.39 is 0 Å². The molecule has 0 amide bonds. The first-order chi connectivity index (χ1) is 8.07. The SMILES string of the molecule is Cc1cc(C)c(C)c(CCNCCCS)c1C. The van der Waals surface area contributed by atoms with Gasteiger partial charge in [-0.15, -0.1) is 0 Å². The molecule has 1 aromatic carbocycles. The van der Waals surface area contributed by atoms with Gasteiger partial charge in [0.05, 0.1) is 0 Å². The van der Waals surface area contributed by atoms with Gasteiger partial charge in [0.1, 0.15) is 0 Å². The lowest BCUT2D eigenvalue weighted by molar-refractivity contribution is 0.672. The maximum absolute atomic E-state index is 4.21. The van der Waals surface area contributed by atoms with Gasteiger partial charge in [0.2, 0.25) is 0 Å². The quantitative estimate of drug-likeness (QED) is 0.583. The lowest BCUT2D eigenvalue weighted by Crippen LogP contribution is -2.19. The zero-order chi connectivity index (χ0) is 12.8. The number of hydrogen-bond donors (Lipinski definition) is 2. The lowest BCUT2D eigenvalue weighted by Gasteiger charge is -2.15. The molecule has 1 nitrogen and oxygen atoms in total. The number of benzene rings is 1. The van der Waals surface area contributed by atoms with Gasteiger partial charge in [0.15, 0.2) is 0 Å². The zero-order valence-corrected chi connectivity index (χ0v) is 12.5. The molecule has 2 heteroatoms. The summed E-state index contributed by atoms with van der Waals surface area (Å²) >= 11 is 4.21. The Morgan fingerprint density at radius 1 is 1.00 bits per heavy atom. The van der Waals surface area contributed by atoms with Crippen LogP contribution in [0.5, 0.6) is 0 Å². The van der Waals surface area contributed by atoms with Crippen molar-refractivity contribution >= 4 is 12.6 Å². The average molecular weight is 251 g/mol. The molecule has 0 unspecified atom stereocenters. The lowest BCUT2D eigenvalue weighted by atomic mass is 9.92. The van der Waals surface area contributed by atoms with Crippen LogP contribution in [0.4, 0.5) is 0 Å². The van der Waals surface area contributed by atoms with Crippen LogP contribution in [-0.2, 0) is 6.42 Å². The minimum atomic E-state index is 0.967. The third-order valence-electron chi connectivity index (χ3n) is 3.58. The zero-order valence-electron chi connectivity index (χ0n) is 11.6. The van der Waals surface area contributed by atoms with Crippen LogP contribution in [0.25, 0.3) is 0 Å². The monoisotopic (exact) mass is 251 g/mol. The molecule has 0 saturated heterocycles. The van der Waals surface area contributed by atoms with Crippen molar-refractivity contribution in [2.45, 2.75) is 40.5 Å². The Morgan fingerprint density at radius 2 is 1.59 bits per heavy atom. The highest BCUT2D eigenvalue weighted by atomic mass is 32.1. The van der Waals surface area contributed by atoms with Crippen molar-refractivity contribution in [2.75, 3.05) is 18.8 Å². The van der Waals surface area contributed by atoms with E-state index >= 15 is 0 Å². The van der Waals surface area contributed by atoms with Crippen LogP contribution >= 0.6 is 12.6 Å². The summed E-state index contributed by atoms with van der Waals surface area (Å²) in [6.07, 6.45) is 2.28. The summed E-state index contributed by atoms with van der Waals surface area (Å²) in [6, 6.07) is 2.29. The van der Waals surface area contributed by atoms with Crippen molar-refractivity contribution in [2.24, 2.45) is 0 Å². The van der Waals surface area contributed by atoms with Crippen LogP contribution in [0.15, 0.2) is 6.07 Å². The summed E-state index contributed by atoms with van der Waals surface area (Å²) in [6.45, 7) is 11.0. The van der Waals surface area contributed by atoms with E-state index in [0.29, 0.717) is 0 Å². The van der Waals surface area contributed by atoms with E-state index in [4.69, 9.17) is 0 Å². The molecule has 0 bridgehead atoms. The van der Waals surface area contributed by atoms with Crippen molar-refractivity contribution < 1.29 is 0 Å². The molecule has 96 valence electrons. The summed E-state index contributed by atoms with van der Waals surface area (Å²) in [4.78, 5) is 0. The third-order valence-corrected chi connectivity index (χ3v) is 3.90. The minimum Gasteiger partial charge on any atom is -0.316 e. The Morgan fingerprint density at radius 3 is 2.12 bits per heavy atom. The highest BCUT2D eigenvalue weighted by Gasteiger charge is 2.07. The first-order valence-corrected chi connectivity index (χ1v) is 7.09. The number of hydrogen-bond acceptors (Lipinski definition) is 2. The molecule has 0 spiro atoms. The molecular formula is C15H25NS. The van der Waals surface area contributed by atoms with Gasteiger partial charge in [-0.2, -0.15) is 12.6 Å². The first-order valence-electron chi connectivity index (χ1n) is 6.45. The van der Waals surface area contributed by atoms with Crippen molar-refractivity contribution in [1.29, 1.82) is 0 Å². The predicted octanol–water partition coefficient (Wildman–Crippen LogP) is 3.37. The van der Waals surface area contributed by atoms with Gasteiger partial charge >= 0.3 is 0 Å². The van der Waals surface area contributed by atoms with Crippen LogP contribution < -0.4 is 5.32 Å². The molecule has 0 heterocycles. The van der Waals surface area contributed by atoms with Gasteiger partial charge in [-0.3, -0.25) is 0 Å². The Balaban J connectivity index is 2.64. The molecule has 1 rings (SSSR count). The summed E-state index contributed by atoms with van der Waals surface area (Å²) in [5, 5.41) is 3.48. The molecule has 0 atom stereocenters. The second kappa shape index (κ2) is 7.07. The summed E-state index contributed by atoms with van der Waals surface area (Å²) < 4.78 is 0. The summed E-state index contributed by atoms with van der Waals surface area (Å²) in [5.74, 6) is 0.967. The molecule has 0 aliphatic rings. The smallest absolute Gasteiger partial charge is 0.000814 e. The van der Waals surface area contributed by atoms with E-state index in [9.17, 15) is 0 Å². The van der Waals surface area contributed by atoms with Gasteiger partial charge in [-0.1, -0.05) is 6.07 Å². The van der Waals surface area contributed by atoms with Crippen LogP contribution in [0.3, 0.4) is 0 Å². The van der Waals surface area contributed by atoms with Crippen molar-refractivity contribution in [3.63, 3.8) is 0 Å². The summed E-state index contributed by atoms with van der Waals surface area (Å²) in [5.41, 5.74) is 7.28. The second-order valence-corrected chi connectivity index (χ2v) is 5.26. The second-order valence-electron chi connectivity index (χ2n) is 4.82. The number of rotatable bonds is 6. The van der Waals surface area contributed by atoms with Gasteiger partial charge in [0, 0.05) is 0 Å². The number of nitrogens with one attached hydrogen (secondary N) is 1. The maximum atomic E-state index is 4.21. The molecule has 0 radical (unpaired) electrons. The van der Waals surface area contributed by atoms with Gasteiger partial charge in [0.25, 0.3) is 0 Å².